The number of halogens is 1. The second kappa shape index (κ2) is 5.43. The summed E-state index contributed by atoms with van der Waals surface area (Å²) in [7, 11) is 0. The van der Waals surface area contributed by atoms with E-state index in [1.807, 2.05) is 6.07 Å². The van der Waals surface area contributed by atoms with Gasteiger partial charge in [-0.15, -0.1) is 0 Å². The van der Waals surface area contributed by atoms with Crippen molar-refractivity contribution >= 4 is 17.5 Å². The fraction of sp³-hybridized carbons (Fsp3) is 0.286. The second-order valence-electron chi connectivity index (χ2n) is 4.56. The summed E-state index contributed by atoms with van der Waals surface area (Å²) >= 11 is 5.87. The Morgan fingerprint density at radius 2 is 2.35 bits per heavy atom. The molecule has 1 aromatic carbocycles. The minimum absolute atomic E-state index is 0.154. The number of nitrogens with zero attached hydrogens (tertiary/aromatic N) is 2. The van der Waals surface area contributed by atoms with Crippen LogP contribution >= 0.6 is 11.6 Å². The van der Waals surface area contributed by atoms with Gasteiger partial charge in [0.05, 0.1) is 0 Å². The zero-order valence-corrected chi connectivity index (χ0v) is 11.4. The molecule has 0 saturated heterocycles. The van der Waals surface area contributed by atoms with Crippen molar-refractivity contribution in [2.75, 3.05) is 5.32 Å². The van der Waals surface area contributed by atoms with Gasteiger partial charge < -0.3 is 14.5 Å². The van der Waals surface area contributed by atoms with Crippen molar-refractivity contribution in [3.05, 3.63) is 40.9 Å². The highest BCUT2D eigenvalue weighted by molar-refractivity contribution is 6.30. The van der Waals surface area contributed by atoms with E-state index in [9.17, 15) is 0 Å². The van der Waals surface area contributed by atoms with Crippen molar-refractivity contribution in [3.8, 4) is 11.8 Å². The van der Waals surface area contributed by atoms with Gasteiger partial charge in [0, 0.05) is 11.1 Å². The van der Waals surface area contributed by atoms with Gasteiger partial charge in [0.1, 0.15) is 11.8 Å². The largest absolute Gasteiger partial charge is 0.484 e. The van der Waals surface area contributed by atoms with E-state index < -0.39 is 0 Å². The van der Waals surface area contributed by atoms with Gasteiger partial charge >= 0.3 is 0 Å². The Morgan fingerprint density at radius 3 is 3.05 bits per heavy atom. The van der Waals surface area contributed by atoms with E-state index in [2.05, 4.69) is 10.3 Å². The first-order valence-corrected chi connectivity index (χ1v) is 6.67. The van der Waals surface area contributed by atoms with Crippen molar-refractivity contribution < 1.29 is 9.15 Å². The summed E-state index contributed by atoms with van der Waals surface area (Å²) in [5.74, 6) is 1.43. The lowest BCUT2D eigenvalue weighted by atomic mass is 10.3. The van der Waals surface area contributed by atoms with Gasteiger partial charge in [-0.3, -0.25) is 0 Å². The van der Waals surface area contributed by atoms with Gasteiger partial charge in [-0.2, -0.15) is 10.2 Å². The Kier molecular flexibility index (Phi) is 3.48. The molecule has 1 aromatic heterocycles. The average Bonchev–Trinajstić information content (AvgIpc) is 3.16. The molecule has 3 rings (SSSR count). The first-order valence-electron chi connectivity index (χ1n) is 6.29. The average molecular weight is 290 g/mol. The van der Waals surface area contributed by atoms with E-state index in [0.29, 0.717) is 28.6 Å². The molecule has 1 aliphatic carbocycles. The molecule has 2 aromatic rings. The molecule has 0 unspecified atom stereocenters. The molecule has 0 amide bonds. The smallest absolute Gasteiger partial charge is 0.236 e. The first kappa shape index (κ1) is 12.8. The number of aromatic nitrogens is 1. The molecule has 1 heterocycles. The highest BCUT2D eigenvalue weighted by Crippen LogP contribution is 2.27. The summed E-state index contributed by atoms with van der Waals surface area (Å²) in [6, 6.07) is 9.48. The SMILES string of the molecule is N#Cc1nc(COc2cccc(Cl)c2)oc1NC1CC1. The normalized spacial score (nSPS) is 13.8. The number of ether oxygens (including phenoxy) is 1. The minimum Gasteiger partial charge on any atom is -0.484 e. The minimum atomic E-state index is 0.154. The van der Waals surface area contributed by atoms with Crippen LogP contribution in [0.5, 0.6) is 5.75 Å². The van der Waals surface area contributed by atoms with Crippen molar-refractivity contribution in [1.82, 2.24) is 4.98 Å². The van der Waals surface area contributed by atoms with Crippen LogP contribution in [0.1, 0.15) is 24.4 Å². The molecule has 1 N–H and O–H groups in total. The van der Waals surface area contributed by atoms with E-state index in [0.717, 1.165) is 12.8 Å². The van der Waals surface area contributed by atoms with Crippen molar-refractivity contribution in [1.29, 1.82) is 5.26 Å². The molecule has 1 aliphatic rings. The zero-order chi connectivity index (χ0) is 13.9. The lowest BCUT2D eigenvalue weighted by Crippen LogP contribution is -2.00. The van der Waals surface area contributed by atoms with Crippen LogP contribution in [0.15, 0.2) is 28.7 Å². The number of nitrogens with one attached hydrogen (secondary N) is 1. The van der Waals surface area contributed by atoms with E-state index in [4.69, 9.17) is 26.0 Å². The number of nitriles is 1. The Labute approximate surface area is 121 Å². The van der Waals surface area contributed by atoms with E-state index in [-0.39, 0.29) is 12.3 Å². The van der Waals surface area contributed by atoms with Gasteiger partial charge in [-0.1, -0.05) is 17.7 Å². The lowest BCUT2D eigenvalue weighted by Gasteiger charge is -2.03. The van der Waals surface area contributed by atoms with Gasteiger partial charge in [0.2, 0.25) is 17.5 Å². The molecule has 20 heavy (non-hydrogen) atoms. The number of oxazole rings is 1. The first-order chi connectivity index (χ1) is 9.74. The molecule has 1 saturated carbocycles. The summed E-state index contributed by atoms with van der Waals surface area (Å²) in [6.45, 7) is 0.154. The van der Waals surface area contributed by atoms with Crippen molar-refractivity contribution in [3.63, 3.8) is 0 Å². The maximum atomic E-state index is 9.02. The van der Waals surface area contributed by atoms with Crippen molar-refractivity contribution in [2.45, 2.75) is 25.5 Å². The molecule has 1 fully saturated rings. The van der Waals surface area contributed by atoms with Gasteiger partial charge in [0.25, 0.3) is 0 Å². The molecule has 0 aliphatic heterocycles. The van der Waals surface area contributed by atoms with Crippen LogP contribution in [0, 0.1) is 11.3 Å². The molecular weight excluding hydrogens is 278 g/mol. The summed E-state index contributed by atoms with van der Waals surface area (Å²) < 4.78 is 11.0. The highest BCUT2D eigenvalue weighted by atomic mass is 35.5. The third-order valence-electron chi connectivity index (χ3n) is 2.85. The zero-order valence-electron chi connectivity index (χ0n) is 10.6. The predicted molar refractivity (Wildman–Crippen MR) is 73.6 cm³/mol. The summed E-state index contributed by atoms with van der Waals surface area (Å²) in [5, 5.41) is 12.8. The fourth-order valence-electron chi connectivity index (χ4n) is 1.71. The van der Waals surface area contributed by atoms with Crippen LogP contribution in [0.25, 0.3) is 0 Å². The molecule has 0 bridgehead atoms. The summed E-state index contributed by atoms with van der Waals surface area (Å²) in [5.41, 5.74) is 0.265. The van der Waals surface area contributed by atoms with Crippen LogP contribution < -0.4 is 10.1 Å². The van der Waals surface area contributed by atoms with E-state index in [1.54, 1.807) is 24.3 Å². The van der Waals surface area contributed by atoms with E-state index in [1.165, 1.54) is 0 Å². The number of rotatable bonds is 5. The standard InChI is InChI=1S/C14H12ClN3O2/c15-9-2-1-3-11(6-9)19-8-13-18-12(7-16)14(20-13)17-10-4-5-10/h1-3,6,10,17H,4-5,8H2. The Balaban J connectivity index is 1.68. The molecule has 5 nitrogen and oxygen atoms in total. The monoisotopic (exact) mass is 289 g/mol. The summed E-state index contributed by atoms with van der Waals surface area (Å²) in [4.78, 5) is 4.10. The molecule has 0 spiro atoms. The van der Waals surface area contributed by atoms with E-state index >= 15 is 0 Å². The van der Waals surface area contributed by atoms with Gasteiger partial charge in [-0.25, -0.2) is 0 Å². The topological polar surface area (TPSA) is 71.1 Å². The Hall–Kier alpha value is -2.19. The second-order valence-corrected chi connectivity index (χ2v) is 5.00. The number of benzene rings is 1. The third kappa shape index (κ3) is 3.03. The van der Waals surface area contributed by atoms with Crippen LogP contribution in [0.4, 0.5) is 5.88 Å². The quantitative estimate of drug-likeness (QED) is 0.914. The van der Waals surface area contributed by atoms with Crippen LogP contribution in [-0.2, 0) is 6.61 Å². The third-order valence-corrected chi connectivity index (χ3v) is 3.08. The number of hydrogen-bond acceptors (Lipinski definition) is 5. The molecule has 102 valence electrons. The molecule has 0 radical (unpaired) electrons. The van der Waals surface area contributed by atoms with Crippen LogP contribution in [0.3, 0.4) is 0 Å². The van der Waals surface area contributed by atoms with Crippen LogP contribution in [-0.4, -0.2) is 11.0 Å². The lowest BCUT2D eigenvalue weighted by molar-refractivity contribution is 0.265. The van der Waals surface area contributed by atoms with Gasteiger partial charge in [0.15, 0.2) is 6.61 Å². The van der Waals surface area contributed by atoms with Gasteiger partial charge in [-0.05, 0) is 31.0 Å². The molecule has 0 atom stereocenters. The summed E-state index contributed by atoms with van der Waals surface area (Å²) in [6.07, 6.45) is 2.19. The number of anilines is 1. The van der Waals surface area contributed by atoms with Crippen LogP contribution in [0.2, 0.25) is 5.02 Å². The highest BCUT2D eigenvalue weighted by Gasteiger charge is 2.25. The molecular formula is C14H12ClN3O2. The predicted octanol–water partition coefficient (Wildman–Crippen LogP) is 3.35. The maximum Gasteiger partial charge on any atom is 0.236 e. The Morgan fingerprint density at radius 1 is 1.50 bits per heavy atom. The van der Waals surface area contributed by atoms with Crippen molar-refractivity contribution in [2.24, 2.45) is 0 Å². The number of hydrogen-bond donors (Lipinski definition) is 1. The fourth-order valence-corrected chi connectivity index (χ4v) is 1.89. The molecule has 6 heteroatoms. The maximum absolute atomic E-state index is 9.02. The Bertz CT molecular complexity index is 659.